The summed E-state index contributed by atoms with van der Waals surface area (Å²) >= 11 is 0. The first-order valence-corrected chi connectivity index (χ1v) is 24.5. The summed E-state index contributed by atoms with van der Waals surface area (Å²) in [6.45, 7) is 24.8. The fourth-order valence-electron chi connectivity index (χ4n) is 8.17. The highest BCUT2D eigenvalue weighted by molar-refractivity contribution is 5.85. The van der Waals surface area contributed by atoms with Crippen molar-refractivity contribution in [1.29, 1.82) is 0 Å². The Balaban J connectivity index is 0.000000127. The number of pyridine rings is 5. The van der Waals surface area contributed by atoms with Crippen molar-refractivity contribution in [3.05, 3.63) is 244 Å². The minimum absolute atomic E-state index is 0.973. The van der Waals surface area contributed by atoms with E-state index in [0.717, 1.165) is 67.1 Å². The minimum Gasteiger partial charge on any atom is -0.256 e. The maximum atomic E-state index is 4.44. The Bertz CT molecular complexity index is 3520. The zero-order chi connectivity index (χ0) is 51.3. The van der Waals surface area contributed by atoms with E-state index in [1.165, 1.54) is 65.9 Å². The van der Waals surface area contributed by atoms with E-state index in [0.29, 0.717) is 0 Å². The van der Waals surface area contributed by atoms with Crippen LogP contribution in [0.5, 0.6) is 0 Å². The zero-order valence-electron chi connectivity index (χ0n) is 43.9. The number of hydrogen-bond donors (Lipinski definition) is 0. The molecule has 0 saturated heterocycles. The van der Waals surface area contributed by atoms with Gasteiger partial charge >= 0.3 is 0 Å². The van der Waals surface area contributed by atoms with Crippen LogP contribution in [0.1, 0.15) is 67.4 Å². The molecule has 6 aromatic carbocycles. The van der Waals surface area contributed by atoms with Gasteiger partial charge in [-0.2, -0.15) is 0 Å². The van der Waals surface area contributed by atoms with Crippen LogP contribution in [0, 0.1) is 83.1 Å². The lowest BCUT2D eigenvalue weighted by molar-refractivity contribution is 1.10. The van der Waals surface area contributed by atoms with Crippen LogP contribution in [0.3, 0.4) is 0 Å². The molecule has 0 aliphatic rings. The summed E-state index contributed by atoms with van der Waals surface area (Å²) in [6, 6.07) is 55.9. The fraction of sp³-hybridized carbons (Fsp3) is 0.185. The molecule has 0 radical (unpaired) electrons. The molecule has 72 heavy (non-hydrogen) atoms. The number of nitrogens with zero attached hydrogens (tertiary/aromatic N) is 7. The number of aromatic nitrogens is 7. The van der Waals surface area contributed by atoms with Crippen LogP contribution in [0.2, 0.25) is 0 Å². The molecule has 6 heterocycles. The molecule has 6 aromatic heterocycles. The SMILES string of the molecule is Cc1cc(C)c2ccccc2n1.Cc1cc2cccnc2cc1C.Cc1ccc(C)c2ncccc12.Cc1ccc2ccc(C)nc2c1.Cc1ccc2nc(C)ccc2c1.Cc1nc2ccccc2nc1C. The van der Waals surface area contributed by atoms with Crippen molar-refractivity contribution in [3.8, 4) is 0 Å². The summed E-state index contributed by atoms with van der Waals surface area (Å²) < 4.78 is 0. The second kappa shape index (κ2) is 24.0. The Morgan fingerprint density at radius 1 is 0.264 bits per heavy atom. The lowest BCUT2D eigenvalue weighted by Gasteiger charge is -2.02. The highest BCUT2D eigenvalue weighted by Gasteiger charge is 2.02. The number of fused-ring (bicyclic) bond motifs is 6. The van der Waals surface area contributed by atoms with Crippen LogP contribution >= 0.6 is 0 Å². The van der Waals surface area contributed by atoms with Crippen LogP contribution in [-0.4, -0.2) is 34.9 Å². The molecule has 360 valence electrons. The predicted octanol–water partition coefficient (Wildman–Crippen LogP) is 16.5. The first-order chi connectivity index (χ1) is 34.6. The van der Waals surface area contributed by atoms with Gasteiger partial charge in [-0.3, -0.25) is 24.9 Å². The Kier molecular flexibility index (Phi) is 17.2. The fourth-order valence-corrected chi connectivity index (χ4v) is 8.17. The van der Waals surface area contributed by atoms with Crippen LogP contribution in [0.15, 0.2) is 176 Å². The maximum Gasteiger partial charge on any atom is 0.0890 e. The van der Waals surface area contributed by atoms with Crippen LogP contribution in [-0.2, 0) is 0 Å². The van der Waals surface area contributed by atoms with Crippen LogP contribution < -0.4 is 0 Å². The van der Waals surface area contributed by atoms with E-state index in [4.69, 9.17) is 0 Å². The van der Waals surface area contributed by atoms with Crippen molar-refractivity contribution in [1.82, 2.24) is 34.9 Å². The van der Waals surface area contributed by atoms with Crippen LogP contribution in [0.4, 0.5) is 0 Å². The third kappa shape index (κ3) is 13.7. The monoisotopic (exact) mass is 944 g/mol. The number of aryl methyl sites for hydroxylation is 12. The Morgan fingerprint density at radius 2 is 0.792 bits per heavy atom. The zero-order valence-corrected chi connectivity index (χ0v) is 43.9. The van der Waals surface area contributed by atoms with Crippen molar-refractivity contribution in [3.63, 3.8) is 0 Å². The minimum atomic E-state index is 0.973. The quantitative estimate of drug-likeness (QED) is 0.150. The standard InChI is InChI=1S/5C11H11N.C10H10N2/c1-8-3-6-11-10(7-8)5-4-9(2)12-11;1-8-3-5-10-6-4-9(2)12-11(10)7-8;1-8-5-6-9(2)11-10(8)4-3-7-12-11;1-8-6-10-4-3-5-12-11(10)7-9(8)2;1-8-7-9(2)12-11-6-4-3-5-10(8)11;1-7-8(2)12-10-6-4-3-5-9(10)11-7/h5*3-7H,1-2H3;3-6H,1-2H3. The molecule has 0 amide bonds. The molecular weight excluding hydrogens is 879 g/mol. The van der Waals surface area contributed by atoms with Gasteiger partial charge in [0.05, 0.1) is 50.0 Å². The van der Waals surface area contributed by atoms with Gasteiger partial charge in [-0.15, -0.1) is 0 Å². The molecular formula is C65H65N7. The van der Waals surface area contributed by atoms with Gasteiger partial charge in [0.25, 0.3) is 0 Å². The predicted molar refractivity (Wildman–Crippen MR) is 305 cm³/mol. The molecule has 0 aliphatic heterocycles. The van der Waals surface area contributed by atoms with Gasteiger partial charge in [-0.1, -0.05) is 90.5 Å². The van der Waals surface area contributed by atoms with E-state index in [1.807, 2.05) is 108 Å². The number of benzene rings is 6. The molecule has 0 fully saturated rings. The van der Waals surface area contributed by atoms with Gasteiger partial charge in [0.1, 0.15) is 0 Å². The average molecular weight is 944 g/mol. The summed E-state index contributed by atoms with van der Waals surface area (Å²) in [4.78, 5) is 30.7. The molecule has 7 nitrogen and oxygen atoms in total. The molecule has 7 heteroatoms. The van der Waals surface area contributed by atoms with E-state index in [1.54, 1.807) is 0 Å². The third-order valence-electron chi connectivity index (χ3n) is 12.4. The van der Waals surface area contributed by atoms with Crippen molar-refractivity contribution in [2.24, 2.45) is 0 Å². The number of para-hydroxylation sites is 3. The van der Waals surface area contributed by atoms with E-state index in [-0.39, 0.29) is 0 Å². The van der Waals surface area contributed by atoms with Gasteiger partial charge in [-0.05, 0) is 195 Å². The van der Waals surface area contributed by atoms with Gasteiger partial charge in [0.15, 0.2) is 0 Å². The lowest BCUT2D eigenvalue weighted by atomic mass is 10.1. The molecule has 0 N–H and O–H groups in total. The first-order valence-electron chi connectivity index (χ1n) is 24.5. The molecule has 12 rings (SSSR count). The smallest absolute Gasteiger partial charge is 0.0890 e. The van der Waals surface area contributed by atoms with E-state index < -0.39 is 0 Å². The summed E-state index contributed by atoms with van der Waals surface area (Å²) in [7, 11) is 0. The van der Waals surface area contributed by atoms with Gasteiger partial charge in [0, 0.05) is 56.4 Å². The number of hydrogen-bond acceptors (Lipinski definition) is 7. The Hall–Kier alpha value is -8.29. The van der Waals surface area contributed by atoms with E-state index in [9.17, 15) is 0 Å². The van der Waals surface area contributed by atoms with E-state index >= 15 is 0 Å². The van der Waals surface area contributed by atoms with E-state index in [2.05, 4.69) is 186 Å². The highest BCUT2D eigenvalue weighted by Crippen LogP contribution is 2.21. The molecule has 0 saturated carbocycles. The first kappa shape index (κ1) is 51.6. The van der Waals surface area contributed by atoms with Gasteiger partial charge in [0.2, 0.25) is 0 Å². The molecule has 0 bridgehead atoms. The molecule has 0 aliphatic carbocycles. The molecule has 0 unspecified atom stereocenters. The van der Waals surface area contributed by atoms with Crippen molar-refractivity contribution >= 4 is 65.5 Å². The highest BCUT2D eigenvalue weighted by atomic mass is 14.8. The van der Waals surface area contributed by atoms with Crippen molar-refractivity contribution < 1.29 is 0 Å². The second-order valence-corrected chi connectivity index (χ2v) is 18.5. The Labute approximate surface area is 425 Å². The molecule has 12 aromatic rings. The average Bonchev–Trinajstić information content (AvgIpc) is 3.37. The van der Waals surface area contributed by atoms with Crippen molar-refractivity contribution in [2.45, 2.75) is 83.1 Å². The lowest BCUT2D eigenvalue weighted by Crippen LogP contribution is -1.92. The summed E-state index contributed by atoms with van der Waals surface area (Å²) in [5.41, 5.74) is 21.7. The Morgan fingerprint density at radius 3 is 1.50 bits per heavy atom. The summed E-state index contributed by atoms with van der Waals surface area (Å²) in [6.07, 6.45) is 3.67. The molecule has 0 spiro atoms. The topological polar surface area (TPSA) is 90.2 Å². The number of rotatable bonds is 0. The maximum absolute atomic E-state index is 4.44. The molecule has 0 atom stereocenters. The van der Waals surface area contributed by atoms with Crippen molar-refractivity contribution in [2.75, 3.05) is 0 Å². The largest absolute Gasteiger partial charge is 0.256 e. The third-order valence-corrected chi connectivity index (χ3v) is 12.4. The normalized spacial score (nSPS) is 10.5. The van der Waals surface area contributed by atoms with Gasteiger partial charge < -0.3 is 0 Å². The summed E-state index contributed by atoms with van der Waals surface area (Å²) in [5, 5.41) is 6.17. The van der Waals surface area contributed by atoms with Gasteiger partial charge in [-0.25, -0.2) is 9.97 Å². The van der Waals surface area contributed by atoms with Crippen LogP contribution in [0.25, 0.3) is 65.5 Å². The summed E-state index contributed by atoms with van der Waals surface area (Å²) in [5.74, 6) is 0. The second-order valence-electron chi connectivity index (χ2n) is 18.5.